The second-order valence-electron chi connectivity index (χ2n) is 4.66. The summed E-state index contributed by atoms with van der Waals surface area (Å²) in [5, 5.41) is 3.34. The van der Waals surface area contributed by atoms with Gasteiger partial charge in [-0.2, -0.15) is 0 Å². The van der Waals surface area contributed by atoms with E-state index in [1.807, 2.05) is 43.3 Å². The van der Waals surface area contributed by atoms with Gasteiger partial charge in [0.25, 0.3) is 0 Å². The monoisotopic (exact) mass is 334 g/mol. The van der Waals surface area contributed by atoms with Crippen molar-refractivity contribution in [1.29, 1.82) is 0 Å². The second kappa shape index (κ2) is 7.41. The van der Waals surface area contributed by atoms with E-state index in [-0.39, 0.29) is 0 Å². The Morgan fingerprint density at radius 2 is 2.10 bits per heavy atom. The van der Waals surface area contributed by atoms with Crippen LogP contribution < -0.4 is 10.1 Å². The van der Waals surface area contributed by atoms with Crippen LogP contribution in [-0.4, -0.2) is 11.5 Å². The summed E-state index contributed by atoms with van der Waals surface area (Å²) in [5.41, 5.74) is 2.07. The van der Waals surface area contributed by atoms with Gasteiger partial charge in [-0.15, -0.1) is 0 Å². The minimum atomic E-state index is 0.631. The highest BCUT2D eigenvalue weighted by molar-refractivity contribution is 9.10. The normalized spacial score (nSPS) is 10.6. The van der Waals surface area contributed by atoms with Crippen molar-refractivity contribution in [1.82, 2.24) is 10.3 Å². The van der Waals surface area contributed by atoms with E-state index in [0.717, 1.165) is 41.0 Å². The minimum absolute atomic E-state index is 0.631. The molecule has 0 atom stereocenters. The van der Waals surface area contributed by atoms with Crippen LogP contribution in [0.2, 0.25) is 0 Å². The quantitative estimate of drug-likeness (QED) is 0.792. The van der Waals surface area contributed by atoms with Crippen molar-refractivity contribution in [3.8, 4) is 11.6 Å². The molecule has 0 bridgehead atoms. The standard InChI is InChI=1S/C16H19BrN2O/c1-3-9-18-11-14-5-4-6-16(19-14)20-15-8-7-13(17)10-12(15)2/h4-8,10,18H,3,9,11H2,1-2H3. The number of aromatic nitrogens is 1. The molecule has 1 aromatic heterocycles. The smallest absolute Gasteiger partial charge is 0.219 e. The summed E-state index contributed by atoms with van der Waals surface area (Å²) in [7, 11) is 0. The molecule has 0 radical (unpaired) electrons. The van der Waals surface area contributed by atoms with E-state index < -0.39 is 0 Å². The Hall–Kier alpha value is -1.39. The zero-order chi connectivity index (χ0) is 14.4. The predicted octanol–water partition coefficient (Wildman–Crippen LogP) is 4.44. The minimum Gasteiger partial charge on any atom is -0.439 e. The van der Waals surface area contributed by atoms with Crippen LogP contribution in [0.4, 0.5) is 0 Å². The number of benzene rings is 1. The van der Waals surface area contributed by atoms with Gasteiger partial charge in [-0.25, -0.2) is 4.98 Å². The molecule has 106 valence electrons. The number of ether oxygens (including phenoxy) is 1. The molecule has 0 unspecified atom stereocenters. The van der Waals surface area contributed by atoms with Gasteiger partial charge in [-0.3, -0.25) is 0 Å². The maximum Gasteiger partial charge on any atom is 0.219 e. The highest BCUT2D eigenvalue weighted by Gasteiger charge is 2.04. The number of hydrogen-bond acceptors (Lipinski definition) is 3. The van der Waals surface area contributed by atoms with Crippen molar-refractivity contribution in [3.05, 3.63) is 52.1 Å². The van der Waals surface area contributed by atoms with Crippen LogP contribution >= 0.6 is 15.9 Å². The third-order valence-electron chi connectivity index (χ3n) is 2.87. The molecule has 20 heavy (non-hydrogen) atoms. The molecule has 0 aliphatic carbocycles. The van der Waals surface area contributed by atoms with Crippen LogP contribution in [0, 0.1) is 6.92 Å². The van der Waals surface area contributed by atoms with E-state index in [9.17, 15) is 0 Å². The highest BCUT2D eigenvalue weighted by atomic mass is 79.9. The van der Waals surface area contributed by atoms with Crippen LogP contribution in [-0.2, 0) is 6.54 Å². The molecule has 1 N–H and O–H groups in total. The molecular formula is C16H19BrN2O. The van der Waals surface area contributed by atoms with E-state index in [0.29, 0.717) is 5.88 Å². The van der Waals surface area contributed by atoms with Gasteiger partial charge in [0.2, 0.25) is 5.88 Å². The van der Waals surface area contributed by atoms with E-state index in [2.05, 4.69) is 33.2 Å². The number of nitrogens with one attached hydrogen (secondary N) is 1. The molecule has 0 fully saturated rings. The summed E-state index contributed by atoms with van der Waals surface area (Å²) in [6.45, 7) is 5.94. The van der Waals surface area contributed by atoms with Crippen LogP contribution in [0.25, 0.3) is 0 Å². The molecule has 0 amide bonds. The molecule has 0 saturated carbocycles. The predicted molar refractivity (Wildman–Crippen MR) is 85.2 cm³/mol. The van der Waals surface area contributed by atoms with Crippen molar-refractivity contribution in [2.75, 3.05) is 6.54 Å². The van der Waals surface area contributed by atoms with E-state index in [4.69, 9.17) is 4.74 Å². The van der Waals surface area contributed by atoms with Crippen molar-refractivity contribution >= 4 is 15.9 Å². The number of pyridine rings is 1. The Morgan fingerprint density at radius 1 is 1.25 bits per heavy atom. The van der Waals surface area contributed by atoms with Crippen molar-refractivity contribution in [2.45, 2.75) is 26.8 Å². The van der Waals surface area contributed by atoms with Crippen molar-refractivity contribution in [2.24, 2.45) is 0 Å². The summed E-state index contributed by atoms with van der Waals surface area (Å²) in [5.74, 6) is 1.46. The summed E-state index contributed by atoms with van der Waals surface area (Å²) in [4.78, 5) is 4.51. The fraction of sp³-hybridized carbons (Fsp3) is 0.312. The maximum absolute atomic E-state index is 5.85. The lowest BCUT2D eigenvalue weighted by atomic mass is 10.2. The number of hydrogen-bond donors (Lipinski definition) is 1. The fourth-order valence-corrected chi connectivity index (χ4v) is 2.32. The number of aryl methyl sites for hydroxylation is 1. The first kappa shape index (κ1) is 15.0. The molecular weight excluding hydrogens is 316 g/mol. The Balaban J connectivity index is 2.07. The van der Waals surface area contributed by atoms with E-state index in [1.54, 1.807) is 0 Å². The van der Waals surface area contributed by atoms with Crippen molar-refractivity contribution in [3.63, 3.8) is 0 Å². The fourth-order valence-electron chi connectivity index (χ4n) is 1.85. The Bertz CT molecular complexity index is 572. The van der Waals surface area contributed by atoms with Crippen LogP contribution in [0.1, 0.15) is 24.6 Å². The first-order valence-electron chi connectivity index (χ1n) is 6.79. The van der Waals surface area contributed by atoms with Gasteiger partial charge in [-0.1, -0.05) is 28.9 Å². The Labute approximate surface area is 128 Å². The molecule has 0 aliphatic heterocycles. The van der Waals surface area contributed by atoms with Gasteiger partial charge < -0.3 is 10.1 Å². The van der Waals surface area contributed by atoms with E-state index in [1.165, 1.54) is 0 Å². The van der Waals surface area contributed by atoms with Crippen LogP contribution in [0.5, 0.6) is 11.6 Å². The molecule has 3 nitrogen and oxygen atoms in total. The third-order valence-corrected chi connectivity index (χ3v) is 3.36. The number of rotatable bonds is 6. The van der Waals surface area contributed by atoms with Crippen LogP contribution in [0.3, 0.4) is 0 Å². The average Bonchev–Trinajstić information content (AvgIpc) is 2.43. The lowest BCUT2D eigenvalue weighted by molar-refractivity contribution is 0.456. The third kappa shape index (κ3) is 4.32. The largest absolute Gasteiger partial charge is 0.439 e. The molecule has 2 rings (SSSR count). The maximum atomic E-state index is 5.85. The SMILES string of the molecule is CCCNCc1cccc(Oc2ccc(Br)cc2C)n1. The van der Waals surface area contributed by atoms with Gasteiger partial charge in [0.1, 0.15) is 5.75 Å². The van der Waals surface area contributed by atoms with Crippen LogP contribution in [0.15, 0.2) is 40.9 Å². The zero-order valence-corrected chi connectivity index (χ0v) is 13.4. The molecule has 1 aromatic carbocycles. The Kier molecular flexibility index (Phi) is 5.56. The van der Waals surface area contributed by atoms with Crippen molar-refractivity contribution < 1.29 is 4.74 Å². The first-order valence-corrected chi connectivity index (χ1v) is 7.59. The molecule has 0 aliphatic rings. The lowest BCUT2D eigenvalue weighted by Crippen LogP contribution is -2.14. The van der Waals surface area contributed by atoms with Gasteiger partial charge in [0.05, 0.1) is 5.69 Å². The van der Waals surface area contributed by atoms with Gasteiger partial charge in [0.15, 0.2) is 0 Å². The molecule has 1 heterocycles. The topological polar surface area (TPSA) is 34.1 Å². The summed E-state index contributed by atoms with van der Waals surface area (Å²) in [6.07, 6.45) is 1.12. The van der Waals surface area contributed by atoms with Gasteiger partial charge in [-0.05, 0) is 49.7 Å². The first-order chi connectivity index (χ1) is 9.69. The summed E-state index contributed by atoms with van der Waals surface area (Å²) < 4.78 is 6.90. The lowest BCUT2D eigenvalue weighted by Gasteiger charge is -2.09. The molecule has 0 saturated heterocycles. The highest BCUT2D eigenvalue weighted by Crippen LogP contribution is 2.26. The Morgan fingerprint density at radius 3 is 2.85 bits per heavy atom. The summed E-state index contributed by atoms with van der Waals surface area (Å²) in [6, 6.07) is 11.8. The number of halogens is 1. The van der Waals surface area contributed by atoms with Gasteiger partial charge >= 0.3 is 0 Å². The average molecular weight is 335 g/mol. The molecule has 2 aromatic rings. The zero-order valence-electron chi connectivity index (χ0n) is 11.8. The second-order valence-corrected chi connectivity index (χ2v) is 5.57. The molecule has 0 spiro atoms. The summed E-state index contributed by atoms with van der Waals surface area (Å²) >= 11 is 3.45. The number of nitrogens with zero attached hydrogens (tertiary/aromatic N) is 1. The van der Waals surface area contributed by atoms with E-state index >= 15 is 0 Å². The molecule has 4 heteroatoms. The van der Waals surface area contributed by atoms with Gasteiger partial charge in [0, 0.05) is 17.1 Å².